The number of carbonyl (C=O) groups is 1. The molecular weight excluding hydrogens is 274 g/mol. The lowest BCUT2D eigenvalue weighted by atomic mass is 10.2. The molecule has 0 saturated carbocycles. The van der Waals surface area contributed by atoms with Crippen molar-refractivity contribution in [3.05, 3.63) is 21.4 Å². The molecule has 0 spiro atoms. The van der Waals surface area contributed by atoms with Gasteiger partial charge in [-0.3, -0.25) is 4.79 Å². The number of methoxy groups -OCH3 is 1. The molecular formula is C15H21NO3S. The molecule has 0 fully saturated rings. The first-order chi connectivity index (χ1) is 9.51. The summed E-state index contributed by atoms with van der Waals surface area (Å²) in [5, 5.41) is 8.72. The van der Waals surface area contributed by atoms with Crippen molar-refractivity contribution < 1.29 is 14.6 Å². The highest BCUT2D eigenvalue weighted by Gasteiger charge is 2.19. The summed E-state index contributed by atoms with van der Waals surface area (Å²) in [5.41, 5.74) is 0.997. The Hall–Kier alpha value is -1.35. The van der Waals surface area contributed by atoms with E-state index in [0.717, 1.165) is 10.4 Å². The molecule has 1 aromatic heterocycles. The molecule has 4 nitrogen and oxygen atoms in total. The zero-order valence-corrected chi connectivity index (χ0v) is 13.2. The van der Waals surface area contributed by atoms with Crippen LogP contribution in [0.2, 0.25) is 0 Å². The van der Waals surface area contributed by atoms with Gasteiger partial charge in [0, 0.05) is 20.6 Å². The predicted octanol–water partition coefficient (Wildman–Crippen LogP) is 1.90. The molecule has 1 atom stereocenters. The van der Waals surface area contributed by atoms with Crippen molar-refractivity contribution in [2.24, 2.45) is 0 Å². The number of likely N-dealkylation sites (N-methyl/N-ethyl adjacent to an activating group) is 1. The number of amides is 1. The van der Waals surface area contributed by atoms with E-state index in [0.29, 0.717) is 17.9 Å². The second kappa shape index (κ2) is 8.05. The maximum atomic E-state index is 12.3. The van der Waals surface area contributed by atoms with Gasteiger partial charge >= 0.3 is 0 Å². The molecule has 0 radical (unpaired) electrons. The number of hydrogen-bond acceptors (Lipinski definition) is 4. The van der Waals surface area contributed by atoms with Gasteiger partial charge in [-0.1, -0.05) is 11.8 Å². The minimum absolute atomic E-state index is 0.0159. The summed E-state index contributed by atoms with van der Waals surface area (Å²) < 4.78 is 5.07. The average Bonchev–Trinajstić information content (AvgIpc) is 2.79. The number of aryl methyl sites for hydroxylation is 1. The van der Waals surface area contributed by atoms with E-state index in [2.05, 4.69) is 11.8 Å². The van der Waals surface area contributed by atoms with Gasteiger partial charge in [-0.2, -0.15) is 0 Å². The quantitative estimate of drug-likeness (QED) is 0.844. The summed E-state index contributed by atoms with van der Waals surface area (Å²) in [6.07, 6.45) is 0.450. The summed E-state index contributed by atoms with van der Waals surface area (Å²) in [5.74, 6) is 5.86. The highest BCUT2D eigenvalue weighted by molar-refractivity contribution is 7.14. The van der Waals surface area contributed by atoms with Crippen LogP contribution in [-0.2, 0) is 4.74 Å². The largest absolute Gasteiger partial charge is 0.395 e. The zero-order chi connectivity index (χ0) is 15.1. The number of carbonyl (C=O) groups excluding carboxylic acids is 1. The summed E-state index contributed by atoms with van der Waals surface area (Å²) in [4.78, 5) is 15.6. The fourth-order valence-corrected chi connectivity index (χ4v) is 2.67. The Kier molecular flexibility index (Phi) is 6.73. The Balaban J connectivity index is 2.85. The fourth-order valence-electron chi connectivity index (χ4n) is 1.64. The fraction of sp³-hybridized carbons (Fsp3) is 0.533. The van der Waals surface area contributed by atoms with Crippen LogP contribution in [0.25, 0.3) is 0 Å². The Morgan fingerprint density at radius 1 is 1.60 bits per heavy atom. The molecule has 1 aromatic rings. The number of thiophene rings is 1. The molecule has 1 N–H and O–H groups in total. The van der Waals surface area contributed by atoms with Crippen molar-refractivity contribution in [1.29, 1.82) is 0 Å². The number of aliphatic hydroxyl groups excluding tert-OH is 1. The number of hydrogen-bond donors (Lipinski definition) is 1. The van der Waals surface area contributed by atoms with Gasteiger partial charge in [0.1, 0.15) is 0 Å². The molecule has 20 heavy (non-hydrogen) atoms. The third kappa shape index (κ3) is 4.34. The van der Waals surface area contributed by atoms with Crippen LogP contribution < -0.4 is 0 Å². The maximum Gasteiger partial charge on any atom is 0.264 e. The Bertz CT molecular complexity index is 513. The van der Waals surface area contributed by atoms with Gasteiger partial charge in [-0.15, -0.1) is 11.3 Å². The number of ether oxygens (including phenoxy) is 1. The molecule has 110 valence electrons. The van der Waals surface area contributed by atoms with Gasteiger partial charge in [0.25, 0.3) is 5.91 Å². The van der Waals surface area contributed by atoms with Crippen molar-refractivity contribution in [2.45, 2.75) is 26.3 Å². The first-order valence-corrected chi connectivity index (χ1v) is 7.29. The Morgan fingerprint density at radius 3 is 2.90 bits per heavy atom. The third-order valence-corrected chi connectivity index (χ3v) is 4.10. The summed E-state index contributed by atoms with van der Waals surface area (Å²) >= 11 is 1.39. The number of aliphatic hydroxyl groups is 1. The van der Waals surface area contributed by atoms with E-state index in [1.807, 2.05) is 19.9 Å². The SMILES string of the molecule is COCC(C)N(C)C(=O)c1cc(C)c(C#CCCO)s1. The van der Waals surface area contributed by atoms with Crippen LogP contribution >= 0.6 is 11.3 Å². The average molecular weight is 295 g/mol. The minimum atomic E-state index is -0.0159. The molecule has 1 heterocycles. The van der Waals surface area contributed by atoms with Crippen molar-refractivity contribution in [2.75, 3.05) is 27.4 Å². The highest BCUT2D eigenvalue weighted by atomic mass is 32.1. The zero-order valence-electron chi connectivity index (χ0n) is 12.4. The van der Waals surface area contributed by atoms with Crippen LogP contribution in [0.3, 0.4) is 0 Å². The van der Waals surface area contributed by atoms with Gasteiger partial charge in [-0.05, 0) is 25.5 Å². The van der Waals surface area contributed by atoms with Crippen LogP contribution in [0.1, 0.15) is 33.5 Å². The molecule has 0 aliphatic rings. The smallest absolute Gasteiger partial charge is 0.264 e. The molecule has 0 aliphatic heterocycles. The van der Waals surface area contributed by atoms with Gasteiger partial charge in [0.15, 0.2) is 0 Å². The molecule has 1 unspecified atom stereocenters. The van der Waals surface area contributed by atoms with Crippen LogP contribution in [0, 0.1) is 18.8 Å². The molecule has 1 rings (SSSR count). The summed E-state index contributed by atoms with van der Waals surface area (Å²) in [7, 11) is 3.40. The van der Waals surface area contributed by atoms with Crippen LogP contribution in [0.4, 0.5) is 0 Å². The third-order valence-electron chi connectivity index (χ3n) is 2.96. The second-order valence-electron chi connectivity index (χ2n) is 4.62. The predicted molar refractivity (Wildman–Crippen MR) is 81.1 cm³/mol. The van der Waals surface area contributed by atoms with Gasteiger partial charge in [0.2, 0.25) is 0 Å². The lowest BCUT2D eigenvalue weighted by molar-refractivity contribution is 0.0638. The topological polar surface area (TPSA) is 49.8 Å². The van der Waals surface area contributed by atoms with E-state index >= 15 is 0 Å². The first-order valence-electron chi connectivity index (χ1n) is 6.47. The van der Waals surface area contributed by atoms with Gasteiger partial charge in [0.05, 0.1) is 29.0 Å². The first kappa shape index (κ1) is 16.7. The highest BCUT2D eigenvalue weighted by Crippen LogP contribution is 2.22. The number of nitrogens with zero attached hydrogens (tertiary/aromatic N) is 1. The monoisotopic (exact) mass is 295 g/mol. The van der Waals surface area contributed by atoms with Crippen LogP contribution in [0.5, 0.6) is 0 Å². The Morgan fingerprint density at radius 2 is 2.30 bits per heavy atom. The van der Waals surface area contributed by atoms with Gasteiger partial charge < -0.3 is 14.7 Å². The molecule has 1 amide bonds. The van der Waals surface area contributed by atoms with Crippen molar-refractivity contribution in [1.82, 2.24) is 4.90 Å². The lowest BCUT2D eigenvalue weighted by Crippen LogP contribution is -2.37. The summed E-state index contributed by atoms with van der Waals surface area (Å²) in [6, 6.07) is 1.89. The van der Waals surface area contributed by atoms with Crippen molar-refractivity contribution in [3.63, 3.8) is 0 Å². The standard InChI is InChI=1S/C15H21NO3S/c1-11-9-14(20-13(11)7-5-6-8-17)15(18)16(3)12(2)10-19-4/h9,12,17H,6,8,10H2,1-4H3. The normalized spacial score (nSPS) is 11.7. The molecule has 0 bridgehead atoms. The van der Waals surface area contributed by atoms with Gasteiger partial charge in [-0.25, -0.2) is 0 Å². The Labute approximate surface area is 124 Å². The van der Waals surface area contributed by atoms with E-state index in [4.69, 9.17) is 9.84 Å². The van der Waals surface area contributed by atoms with E-state index in [1.54, 1.807) is 19.1 Å². The lowest BCUT2D eigenvalue weighted by Gasteiger charge is -2.23. The maximum absolute atomic E-state index is 12.3. The minimum Gasteiger partial charge on any atom is -0.395 e. The van der Waals surface area contributed by atoms with Crippen molar-refractivity contribution in [3.8, 4) is 11.8 Å². The van der Waals surface area contributed by atoms with Crippen LogP contribution in [0.15, 0.2) is 6.07 Å². The van der Waals surface area contributed by atoms with E-state index < -0.39 is 0 Å². The molecule has 0 saturated heterocycles. The van der Waals surface area contributed by atoms with E-state index in [1.165, 1.54) is 11.3 Å². The second-order valence-corrected chi connectivity index (χ2v) is 5.67. The van der Waals surface area contributed by atoms with E-state index in [-0.39, 0.29) is 18.6 Å². The van der Waals surface area contributed by atoms with E-state index in [9.17, 15) is 4.79 Å². The molecule has 5 heteroatoms. The van der Waals surface area contributed by atoms with Crippen molar-refractivity contribution >= 4 is 17.2 Å². The summed E-state index contributed by atoms with van der Waals surface area (Å²) in [6.45, 7) is 4.45. The molecule has 0 aromatic carbocycles. The van der Waals surface area contributed by atoms with Crippen LogP contribution in [-0.4, -0.2) is 49.3 Å². The molecule has 0 aliphatic carbocycles. The number of rotatable bonds is 5.